The van der Waals surface area contributed by atoms with E-state index in [0.717, 1.165) is 12.8 Å². The number of ether oxygens (including phenoxy) is 2. The molecule has 2 rings (SSSR count). The second kappa shape index (κ2) is 5.89. The third-order valence-electron chi connectivity index (χ3n) is 4.72. The third-order valence-corrected chi connectivity index (χ3v) is 4.72. The molecule has 1 aromatic carbocycles. The van der Waals surface area contributed by atoms with Crippen molar-refractivity contribution in [1.29, 1.82) is 0 Å². The average Bonchev–Trinajstić information content (AvgIpc) is 2.49. The van der Waals surface area contributed by atoms with Crippen molar-refractivity contribution in [1.82, 2.24) is 5.32 Å². The van der Waals surface area contributed by atoms with Gasteiger partial charge in [0.1, 0.15) is 6.10 Å². The summed E-state index contributed by atoms with van der Waals surface area (Å²) < 4.78 is 11.3. The minimum Gasteiger partial charge on any atom is -0.493 e. The van der Waals surface area contributed by atoms with Gasteiger partial charge in [0, 0.05) is 23.9 Å². The molecule has 0 saturated heterocycles. The zero-order chi connectivity index (χ0) is 15.6. The molecule has 116 valence electrons. The van der Waals surface area contributed by atoms with E-state index in [2.05, 4.69) is 19.2 Å². The van der Waals surface area contributed by atoms with Crippen molar-refractivity contribution in [3.05, 3.63) is 28.3 Å². The Labute approximate surface area is 124 Å². The zero-order valence-electron chi connectivity index (χ0n) is 12.9. The Hall–Kier alpha value is -1.82. The molecule has 1 aromatic rings. The molecule has 3 unspecified atom stereocenters. The first kappa shape index (κ1) is 15.6. The van der Waals surface area contributed by atoms with Crippen molar-refractivity contribution < 1.29 is 14.4 Å². The molecule has 0 amide bonds. The van der Waals surface area contributed by atoms with Gasteiger partial charge in [-0.25, -0.2) is 0 Å². The van der Waals surface area contributed by atoms with E-state index in [9.17, 15) is 10.1 Å². The Morgan fingerprint density at radius 2 is 2.19 bits per heavy atom. The van der Waals surface area contributed by atoms with Crippen molar-refractivity contribution >= 4 is 5.69 Å². The highest BCUT2D eigenvalue weighted by molar-refractivity contribution is 5.48. The summed E-state index contributed by atoms with van der Waals surface area (Å²) in [6.45, 7) is 4.34. The summed E-state index contributed by atoms with van der Waals surface area (Å²) in [4.78, 5) is 10.4. The highest BCUT2D eigenvalue weighted by Crippen LogP contribution is 2.47. The SMILES string of the molecule is CCC1(C)C(NC)CC1Oc1ccc([N+](=O)[O-])cc1OC. The van der Waals surface area contributed by atoms with Crippen LogP contribution in [0.1, 0.15) is 26.7 Å². The number of benzene rings is 1. The Morgan fingerprint density at radius 3 is 2.71 bits per heavy atom. The fourth-order valence-electron chi connectivity index (χ4n) is 2.94. The number of hydrogen-bond donors (Lipinski definition) is 1. The third kappa shape index (κ3) is 2.68. The number of nitrogens with zero attached hydrogens (tertiary/aromatic N) is 1. The lowest BCUT2D eigenvalue weighted by Crippen LogP contribution is -2.62. The number of methoxy groups -OCH3 is 1. The smallest absolute Gasteiger partial charge is 0.273 e. The molecule has 0 heterocycles. The molecule has 1 N–H and O–H groups in total. The van der Waals surface area contributed by atoms with Crippen LogP contribution in [0.4, 0.5) is 5.69 Å². The first-order chi connectivity index (χ1) is 9.96. The highest BCUT2D eigenvalue weighted by Gasteiger charge is 2.51. The van der Waals surface area contributed by atoms with Gasteiger partial charge in [-0.2, -0.15) is 0 Å². The molecule has 3 atom stereocenters. The van der Waals surface area contributed by atoms with Gasteiger partial charge in [0.15, 0.2) is 11.5 Å². The van der Waals surface area contributed by atoms with Crippen molar-refractivity contribution in [2.75, 3.05) is 14.2 Å². The van der Waals surface area contributed by atoms with Crippen LogP contribution < -0.4 is 14.8 Å². The van der Waals surface area contributed by atoms with Gasteiger partial charge >= 0.3 is 0 Å². The van der Waals surface area contributed by atoms with E-state index in [1.807, 2.05) is 7.05 Å². The summed E-state index contributed by atoms with van der Waals surface area (Å²) in [5.41, 5.74) is 0.0563. The summed E-state index contributed by atoms with van der Waals surface area (Å²) in [7, 11) is 3.45. The second-order valence-corrected chi connectivity index (χ2v) is 5.64. The minimum absolute atomic E-state index is 0.000774. The van der Waals surface area contributed by atoms with Crippen LogP contribution in [0.25, 0.3) is 0 Å². The van der Waals surface area contributed by atoms with Gasteiger partial charge in [0.05, 0.1) is 18.1 Å². The van der Waals surface area contributed by atoms with Crippen LogP contribution in [0.15, 0.2) is 18.2 Å². The van der Waals surface area contributed by atoms with E-state index < -0.39 is 4.92 Å². The number of rotatable bonds is 6. The standard InChI is InChI=1S/C15H22N2O4/c1-5-15(2)13(16-3)9-14(15)21-11-7-6-10(17(18)19)8-12(11)20-4/h6-8,13-14,16H,5,9H2,1-4H3. The second-order valence-electron chi connectivity index (χ2n) is 5.64. The molecule has 21 heavy (non-hydrogen) atoms. The maximum absolute atomic E-state index is 10.8. The fraction of sp³-hybridized carbons (Fsp3) is 0.600. The Balaban J connectivity index is 2.19. The maximum Gasteiger partial charge on any atom is 0.273 e. The molecule has 0 spiro atoms. The summed E-state index contributed by atoms with van der Waals surface area (Å²) in [6.07, 6.45) is 2.00. The molecular weight excluding hydrogens is 272 g/mol. The van der Waals surface area contributed by atoms with Gasteiger partial charge in [-0.3, -0.25) is 10.1 Å². The van der Waals surface area contributed by atoms with Crippen molar-refractivity contribution in [3.8, 4) is 11.5 Å². The Morgan fingerprint density at radius 1 is 1.48 bits per heavy atom. The number of hydrogen-bond acceptors (Lipinski definition) is 5. The van der Waals surface area contributed by atoms with Gasteiger partial charge in [-0.1, -0.05) is 13.8 Å². The number of non-ortho nitro benzene ring substituents is 1. The summed E-state index contributed by atoms with van der Waals surface area (Å²) in [5.74, 6) is 0.956. The quantitative estimate of drug-likeness (QED) is 0.645. The first-order valence-electron chi connectivity index (χ1n) is 7.12. The topological polar surface area (TPSA) is 73.6 Å². The van der Waals surface area contributed by atoms with Crippen molar-refractivity contribution in [2.45, 2.75) is 38.8 Å². The predicted molar refractivity (Wildman–Crippen MR) is 79.9 cm³/mol. The normalized spacial score (nSPS) is 27.8. The highest BCUT2D eigenvalue weighted by atomic mass is 16.6. The average molecular weight is 294 g/mol. The van der Waals surface area contributed by atoms with E-state index >= 15 is 0 Å². The van der Waals surface area contributed by atoms with E-state index in [-0.39, 0.29) is 17.2 Å². The van der Waals surface area contributed by atoms with Crippen molar-refractivity contribution in [2.24, 2.45) is 5.41 Å². The number of nitrogens with one attached hydrogen (secondary N) is 1. The van der Waals surface area contributed by atoms with Crippen LogP contribution in [0.2, 0.25) is 0 Å². The largest absolute Gasteiger partial charge is 0.493 e. The van der Waals surface area contributed by atoms with Gasteiger partial charge < -0.3 is 14.8 Å². The Bertz CT molecular complexity index is 534. The molecule has 1 aliphatic carbocycles. The summed E-state index contributed by atoms with van der Waals surface area (Å²) >= 11 is 0. The molecular formula is C15H22N2O4. The Kier molecular flexibility index (Phi) is 4.37. The predicted octanol–water partition coefficient (Wildman–Crippen LogP) is 2.76. The first-order valence-corrected chi connectivity index (χ1v) is 7.12. The lowest BCUT2D eigenvalue weighted by molar-refractivity contribution is -0.385. The zero-order valence-corrected chi connectivity index (χ0v) is 12.9. The van der Waals surface area contributed by atoms with Gasteiger partial charge in [0.25, 0.3) is 5.69 Å². The molecule has 0 aromatic heterocycles. The van der Waals surface area contributed by atoms with Crippen LogP contribution in [0, 0.1) is 15.5 Å². The van der Waals surface area contributed by atoms with Crippen LogP contribution in [0.5, 0.6) is 11.5 Å². The maximum atomic E-state index is 10.8. The van der Waals surface area contributed by atoms with Crippen molar-refractivity contribution in [3.63, 3.8) is 0 Å². The van der Waals surface area contributed by atoms with Crippen LogP contribution in [-0.4, -0.2) is 31.2 Å². The molecule has 1 fully saturated rings. The number of nitro groups is 1. The molecule has 6 heteroatoms. The fourth-order valence-corrected chi connectivity index (χ4v) is 2.94. The van der Waals surface area contributed by atoms with Gasteiger partial charge in [-0.05, 0) is 19.5 Å². The molecule has 1 saturated carbocycles. The van der Waals surface area contributed by atoms with Crippen LogP contribution in [-0.2, 0) is 0 Å². The molecule has 6 nitrogen and oxygen atoms in total. The monoisotopic (exact) mass is 294 g/mol. The van der Waals surface area contributed by atoms with Gasteiger partial charge in [-0.15, -0.1) is 0 Å². The lowest BCUT2D eigenvalue weighted by atomic mass is 9.61. The molecule has 1 aliphatic rings. The van der Waals surface area contributed by atoms with E-state index in [4.69, 9.17) is 9.47 Å². The summed E-state index contributed by atoms with van der Waals surface area (Å²) in [5, 5.41) is 14.1. The lowest BCUT2D eigenvalue weighted by Gasteiger charge is -2.53. The van der Waals surface area contributed by atoms with Crippen LogP contribution >= 0.6 is 0 Å². The van der Waals surface area contributed by atoms with E-state index in [0.29, 0.717) is 17.5 Å². The molecule has 0 radical (unpaired) electrons. The van der Waals surface area contributed by atoms with Crippen LogP contribution in [0.3, 0.4) is 0 Å². The molecule has 0 aliphatic heterocycles. The van der Waals surface area contributed by atoms with Gasteiger partial charge in [0.2, 0.25) is 0 Å². The molecule has 0 bridgehead atoms. The summed E-state index contributed by atoms with van der Waals surface area (Å²) in [6, 6.07) is 4.87. The van der Waals surface area contributed by atoms with E-state index in [1.54, 1.807) is 6.07 Å². The van der Waals surface area contributed by atoms with E-state index in [1.165, 1.54) is 19.2 Å². The number of nitro benzene ring substituents is 1. The minimum atomic E-state index is -0.442.